The van der Waals surface area contributed by atoms with Gasteiger partial charge in [0.1, 0.15) is 5.82 Å². The number of ether oxygens (including phenoxy) is 2. The molecule has 1 unspecified atom stereocenters. The summed E-state index contributed by atoms with van der Waals surface area (Å²) in [5.74, 6) is 1.64. The SMILES string of the molecule is C[C@H]1COCCN1c1nc(N2CCOC[C@@H]2C)c2ccc(-c3cccc(CN4CCC(O)C4)c3)nc2n1. The van der Waals surface area contributed by atoms with Crippen molar-refractivity contribution in [2.24, 2.45) is 0 Å². The minimum atomic E-state index is -0.211. The van der Waals surface area contributed by atoms with Crippen LogP contribution >= 0.6 is 0 Å². The maximum Gasteiger partial charge on any atom is 0.229 e. The second kappa shape index (κ2) is 10.5. The minimum Gasteiger partial charge on any atom is -0.392 e. The van der Waals surface area contributed by atoms with Crippen molar-refractivity contribution in [3.8, 4) is 11.3 Å². The number of nitrogens with zero attached hydrogens (tertiary/aromatic N) is 6. The van der Waals surface area contributed by atoms with E-state index in [1.165, 1.54) is 5.56 Å². The van der Waals surface area contributed by atoms with Crippen LogP contribution in [0.4, 0.5) is 11.8 Å². The van der Waals surface area contributed by atoms with Crippen molar-refractivity contribution >= 4 is 22.8 Å². The Morgan fingerprint density at radius 3 is 2.43 bits per heavy atom. The number of benzene rings is 1. The summed E-state index contributed by atoms with van der Waals surface area (Å²) < 4.78 is 11.4. The number of pyridine rings is 1. The Bertz CT molecular complexity index is 1260. The molecule has 9 nitrogen and oxygen atoms in total. The molecule has 3 aliphatic heterocycles. The lowest BCUT2D eigenvalue weighted by Gasteiger charge is -2.37. The predicted octanol–water partition coefficient (Wildman–Crippen LogP) is 2.71. The van der Waals surface area contributed by atoms with Crippen molar-refractivity contribution in [1.82, 2.24) is 19.9 Å². The lowest BCUT2D eigenvalue weighted by Crippen LogP contribution is -2.46. The molecule has 6 rings (SSSR count). The second-order valence-electron chi connectivity index (χ2n) is 10.5. The van der Waals surface area contributed by atoms with E-state index in [1.807, 2.05) is 0 Å². The van der Waals surface area contributed by atoms with Gasteiger partial charge < -0.3 is 24.4 Å². The number of hydrogen-bond donors (Lipinski definition) is 1. The number of rotatable bonds is 5. The van der Waals surface area contributed by atoms with Gasteiger partial charge in [0.25, 0.3) is 0 Å². The fourth-order valence-corrected chi connectivity index (χ4v) is 5.60. The molecule has 3 aromatic rings. The monoisotopic (exact) mass is 504 g/mol. The number of fused-ring (bicyclic) bond motifs is 1. The van der Waals surface area contributed by atoms with Crippen LogP contribution in [-0.2, 0) is 16.0 Å². The van der Waals surface area contributed by atoms with Crippen LogP contribution in [0.1, 0.15) is 25.8 Å². The highest BCUT2D eigenvalue weighted by molar-refractivity contribution is 5.90. The van der Waals surface area contributed by atoms with Gasteiger partial charge in [-0.25, -0.2) is 4.98 Å². The summed E-state index contributed by atoms with van der Waals surface area (Å²) in [5.41, 5.74) is 3.90. The third-order valence-electron chi connectivity index (χ3n) is 7.67. The van der Waals surface area contributed by atoms with Crippen molar-refractivity contribution in [1.29, 1.82) is 0 Å². The maximum atomic E-state index is 9.89. The molecule has 0 spiro atoms. The topological polar surface area (TPSA) is 87.1 Å². The lowest BCUT2D eigenvalue weighted by molar-refractivity contribution is 0.0973. The molecule has 0 saturated carbocycles. The zero-order chi connectivity index (χ0) is 25.4. The summed E-state index contributed by atoms with van der Waals surface area (Å²) in [6.07, 6.45) is 0.636. The normalized spacial score (nSPS) is 25.2. The average molecular weight is 505 g/mol. The van der Waals surface area contributed by atoms with Crippen LogP contribution in [-0.4, -0.2) is 95.8 Å². The first-order valence-corrected chi connectivity index (χ1v) is 13.4. The molecule has 0 radical (unpaired) electrons. The van der Waals surface area contributed by atoms with Crippen LogP contribution < -0.4 is 9.80 Å². The Kier molecular flexibility index (Phi) is 6.94. The first-order chi connectivity index (χ1) is 18.0. The van der Waals surface area contributed by atoms with E-state index in [9.17, 15) is 5.11 Å². The first-order valence-electron chi connectivity index (χ1n) is 13.4. The molecule has 5 heterocycles. The van der Waals surface area contributed by atoms with E-state index in [-0.39, 0.29) is 18.2 Å². The summed E-state index contributed by atoms with van der Waals surface area (Å²) in [7, 11) is 0. The van der Waals surface area contributed by atoms with Crippen molar-refractivity contribution in [2.75, 3.05) is 62.4 Å². The molecule has 2 aromatic heterocycles. The van der Waals surface area contributed by atoms with Gasteiger partial charge in [-0.1, -0.05) is 18.2 Å². The first kappa shape index (κ1) is 24.5. The van der Waals surface area contributed by atoms with Crippen LogP contribution in [0.25, 0.3) is 22.3 Å². The minimum absolute atomic E-state index is 0.199. The Morgan fingerprint density at radius 2 is 1.70 bits per heavy atom. The standard InChI is InChI=1S/C28H36N6O3/c1-19-17-36-12-10-33(19)27-24-6-7-25(22-5-3-4-21(14-22)15-32-9-8-23(35)16-32)29-26(24)30-28(31-27)34-11-13-37-18-20(34)2/h3-7,14,19-20,23,35H,8-13,15-18H2,1-2H3/t19-,20-,23?/m0/s1. The summed E-state index contributed by atoms with van der Waals surface area (Å²) >= 11 is 0. The van der Waals surface area contributed by atoms with E-state index in [1.54, 1.807) is 0 Å². The van der Waals surface area contributed by atoms with Crippen LogP contribution in [0.3, 0.4) is 0 Å². The molecule has 1 N–H and O–H groups in total. The van der Waals surface area contributed by atoms with E-state index in [4.69, 9.17) is 24.4 Å². The lowest BCUT2D eigenvalue weighted by atomic mass is 10.1. The van der Waals surface area contributed by atoms with E-state index in [2.05, 4.69) is 64.9 Å². The van der Waals surface area contributed by atoms with Gasteiger partial charge in [-0.2, -0.15) is 9.97 Å². The molecule has 3 saturated heterocycles. The van der Waals surface area contributed by atoms with E-state index in [0.717, 1.165) is 61.6 Å². The van der Waals surface area contributed by atoms with Crippen molar-refractivity contribution in [2.45, 2.75) is 45.0 Å². The number of aliphatic hydroxyl groups excluding tert-OH is 1. The number of likely N-dealkylation sites (tertiary alicyclic amines) is 1. The molecule has 3 atom stereocenters. The Balaban J connectivity index is 1.38. The highest BCUT2D eigenvalue weighted by atomic mass is 16.5. The largest absolute Gasteiger partial charge is 0.392 e. The highest BCUT2D eigenvalue weighted by Crippen LogP contribution is 2.31. The van der Waals surface area contributed by atoms with E-state index in [0.29, 0.717) is 38.0 Å². The highest BCUT2D eigenvalue weighted by Gasteiger charge is 2.27. The van der Waals surface area contributed by atoms with E-state index < -0.39 is 0 Å². The van der Waals surface area contributed by atoms with Gasteiger partial charge in [-0.3, -0.25) is 4.90 Å². The number of morpholine rings is 2. The molecule has 1 aromatic carbocycles. The maximum absolute atomic E-state index is 9.89. The molecule has 9 heteroatoms. The van der Waals surface area contributed by atoms with Gasteiger partial charge in [0.2, 0.25) is 5.95 Å². The van der Waals surface area contributed by atoms with Crippen molar-refractivity contribution in [3.63, 3.8) is 0 Å². The third kappa shape index (κ3) is 5.13. The number of β-amino-alcohol motifs (C(OH)–C–C–N with tert-alkyl or cyclic N) is 1. The fraction of sp³-hybridized carbons (Fsp3) is 0.536. The number of anilines is 2. The van der Waals surface area contributed by atoms with Gasteiger partial charge in [0.15, 0.2) is 5.65 Å². The van der Waals surface area contributed by atoms with Gasteiger partial charge in [-0.05, 0) is 44.0 Å². The predicted molar refractivity (Wildman–Crippen MR) is 144 cm³/mol. The summed E-state index contributed by atoms with van der Waals surface area (Å²) in [6, 6.07) is 13.2. The number of hydrogen-bond acceptors (Lipinski definition) is 9. The molecule has 3 fully saturated rings. The summed E-state index contributed by atoms with van der Waals surface area (Å²) in [6.45, 7) is 11.1. The molecule has 0 aliphatic carbocycles. The fourth-order valence-electron chi connectivity index (χ4n) is 5.60. The number of aromatic nitrogens is 3. The van der Waals surface area contributed by atoms with Crippen LogP contribution in [0, 0.1) is 0 Å². The molecule has 0 bridgehead atoms. The molecule has 3 aliphatic rings. The van der Waals surface area contributed by atoms with Crippen LogP contribution in [0.5, 0.6) is 0 Å². The Labute approximate surface area is 218 Å². The Morgan fingerprint density at radius 1 is 0.919 bits per heavy atom. The van der Waals surface area contributed by atoms with Gasteiger partial charge in [0.05, 0.1) is 55.7 Å². The smallest absolute Gasteiger partial charge is 0.229 e. The van der Waals surface area contributed by atoms with Gasteiger partial charge in [-0.15, -0.1) is 0 Å². The van der Waals surface area contributed by atoms with Crippen molar-refractivity contribution in [3.05, 3.63) is 42.0 Å². The van der Waals surface area contributed by atoms with Crippen molar-refractivity contribution < 1.29 is 14.6 Å². The third-order valence-corrected chi connectivity index (χ3v) is 7.67. The molecular weight excluding hydrogens is 468 g/mol. The average Bonchev–Trinajstić information content (AvgIpc) is 3.32. The number of aliphatic hydroxyl groups is 1. The van der Waals surface area contributed by atoms with Crippen LogP contribution in [0.15, 0.2) is 36.4 Å². The van der Waals surface area contributed by atoms with Crippen LogP contribution in [0.2, 0.25) is 0 Å². The second-order valence-corrected chi connectivity index (χ2v) is 10.5. The zero-order valence-corrected chi connectivity index (χ0v) is 21.7. The molecular formula is C28H36N6O3. The van der Waals surface area contributed by atoms with Gasteiger partial charge in [0, 0.05) is 38.3 Å². The summed E-state index contributed by atoms with van der Waals surface area (Å²) in [4.78, 5) is 22.0. The van der Waals surface area contributed by atoms with Gasteiger partial charge >= 0.3 is 0 Å². The van der Waals surface area contributed by atoms with E-state index >= 15 is 0 Å². The molecule has 37 heavy (non-hydrogen) atoms. The quantitative estimate of drug-likeness (QED) is 0.564. The molecule has 0 amide bonds. The molecule has 196 valence electrons. The summed E-state index contributed by atoms with van der Waals surface area (Å²) in [5, 5.41) is 10.9. The zero-order valence-electron chi connectivity index (χ0n) is 21.7. The Hall–Kier alpha value is -2.85.